The van der Waals surface area contributed by atoms with Gasteiger partial charge in [-0.05, 0) is 30.5 Å². The summed E-state index contributed by atoms with van der Waals surface area (Å²) in [5.41, 5.74) is 3.21. The van der Waals surface area contributed by atoms with E-state index in [9.17, 15) is 4.79 Å². The van der Waals surface area contributed by atoms with Crippen LogP contribution in [0.3, 0.4) is 0 Å². The van der Waals surface area contributed by atoms with Gasteiger partial charge in [0.05, 0.1) is 4.91 Å². The minimum Gasteiger partial charge on any atom is -0.488 e. The van der Waals surface area contributed by atoms with Crippen molar-refractivity contribution in [2.75, 3.05) is 6.54 Å². The van der Waals surface area contributed by atoms with E-state index in [0.29, 0.717) is 28.3 Å². The molecule has 0 bridgehead atoms. The molecule has 3 rings (SSSR count). The lowest BCUT2D eigenvalue weighted by Gasteiger charge is -2.16. The third kappa shape index (κ3) is 4.99. The van der Waals surface area contributed by atoms with Crippen LogP contribution in [-0.2, 0) is 11.4 Å². The predicted octanol–water partition coefficient (Wildman–Crippen LogP) is 5.43. The summed E-state index contributed by atoms with van der Waals surface area (Å²) in [7, 11) is 0. The van der Waals surface area contributed by atoms with Crippen LogP contribution in [0.15, 0.2) is 53.4 Å². The molecular weight excluding hydrogens is 374 g/mol. The van der Waals surface area contributed by atoms with Gasteiger partial charge in [-0.1, -0.05) is 85.9 Å². The van der Waals surface area contributed by atoms with Gasteiger partial charge in [-0.25, -0.2) is 0 Å². The van der Waals surface area contributed by atoms with Crippen LogP contribution in [0.25, 0.3) is 6.08 Å². The maximum atomic E-state index is 12.7. The molecular formula is C22H23NO2S2. The number of hydrogen-bond donors (Lipinski definition) is 0. The van der Waals surface area contributed by atoms with Gasteiger partial charge in [0.2, 0.25) is 0 Å². The van der Waals surface area contributed by atoms with Crippen molar-refractivity contribution in [1.82, 2.24) is 4.90 Å². The zero-order valence-corrected chi connectivity index (χ0v) is 17.4. The number of amides is 1. The zero-order chi connectivity index (χ0) is 19.4. The van der Waals surface area contributed by atoms with Crippen LogP contribution >= 0.6 is 24.0 Å². The van der Waals surface area contributed by atoms with E-state index >= 15 is 0 Å². The fourth-order valence-corrected chi connectivity index (χ4v) is 4.12. The quantitative estimate of drug-likeness (QED) is 0.480. The predicted molar refractivity (Wildman–Crippen MR) is 117 cm³/mol. The molecule has 0 N–H and O–H groups in total. The summed E-state index contributed by atoms with van der Waals surface area (Å²) >= 11 is 6.74. The monoisotopic (exact) mass is 397 g/mol. The van der Waals surface area contributed by atoms with Gasteiger partial charge in [-0.15, -0.1) is 0 Å². The van der Waals surface area contributed by atoms with Crippen LogP contribution in [0.5, 0.6) is 5.75 Å². The number of aryl methyl sites for hydroxylation is 1. The summed E-state index contributed by atoms with van der Waals surface area (Å²) in [6.07, 6.45) is 1.88. The smallest absolute Gasteiger partial charge is 0.266 e. The van der Waals surface area contributed by atoms with E-state index in [-0.39, 0.29) is 5.91 Å². The second-order valence-corrected chi connectivity index (χ2v) is 8.68. The topological polar surface area (TPSA) is 29.5 Å². The Balaban J connectivity index is 1.79. The summed E-state index contributed by atoms with van der Waals surface area (Å²) in [6, 6.07) is 16.0. The Hall–Kier alpha value is -2.11. The lowest BCUT2D eigenvalue weighted by atomic mass is 10.1. The van der Waals surface area contributed by atoms with E-state index in [1.165, 1.54) is 17.3 Å². The van der Waals surface area contributed by atoms with Gasteiger partial charge in [0.15, 0.2) is 0 Å². The standard InChI is InChI=1S/C22H23NO2S2/c1-15(2)13-23-21(24)20(27-22(23)26)12-18-9-4-5-10-19(18)25-14-17-8-6-7-16(3)11-17/h4-12,15H,13-14H2,1-3H3. The highest BCUT2D eigenvalue weighted by atomic mass is 32.2. The first kappa shape index (κ1) is 19.6. The van der Waals surface area contributed by atoms with Gasteiger partial charge in [0, 0.05) is 12.1 Å². The van der Waals surface area contributed by atoms with Crippen LogP contribution in [0.2, 0.25) is 0 Å². The molecule has 0 spiro atoms. The Bertz CT molecular complexity index is 889. The van der Waals surface area contributed by atoms with Gasteiger partial charge in [0.1, 0.15) is 16.7 Å². The fraction of sp³-hybridized carbons (Fsp3) is 0.273. The zero-order valence-electron chi connectivity index (χ0n) is 15.8. The normalized spacial score (nSPS) is 15.9. The molecule has 1 heterocycles. The second kappa shape index (κ2) is 8.72. The molecule has 27 heavy (non-hydrogen) atoms. The van der Waals surface area contributed by atoms with Crippen LogP contribution < -0.4 is 4.74 Å². The number of hydrogen-bond acceptors (Lipinski definition) is 4. The molecule has 5 heteroatoms. The van der Waals surface area contributed by atoms with E-state index in [0.717, 1.165) is 16.9 Å². The Morgan fingerprint density at radius 1 is 1.19 bits per heavy atom. The molecule has 3 nitrogen and oxygen atoms in total. The Labute approximate surface area is 170 Å². The minimum absolute atomic E-state index is 0.0211. The van der Waals surface area contributed by atoms with Crippen molar-refractivity contribution in [3.05, 3.63) is 70.1 Å². The molecule has 1 aliphatic rings. The second-order valence-electron chi connectivity index (χ2n) is 7.00. The van der Waals surface area contributed by atoms with Gasteiger partial charge >= 0.3 is 0 Å². The van der Waals surface area contributed by atoms with Crippen molar-refractivity contribution in [1.29, 1.82) is 0 Å². The molecule has 1 fully saturated rings. The SMILES string of the molecule is Cc1cccc(COc2ccccc2C=C2SC(=S)N(CC(C)C)C2=O)c1. The van der Waals surface area contributed by atoms with Crippen LogP contribution in [0, 0.1) is 12.8 Å². The first-order chi connectivity index (χ1) is 12.9. The number of nitrogens with zero attached hydrogens (tertiary/aromatic N) is 1. The average Bonchev–Trinajstić information content (AvgIpc) is 2.88. The number of ether oxygens (including phenoxy) is 1. The lowest BCUT2D eigenvalue weighted by molar-refractivity contribution is -0.122. The molecule has 0 aromatic heterocycles. The van der Waals surface area contributed by atoms with Crippen molar-refractivity contribution in [2.24, 2.45) is 5.92 Å². The summed E-state index contributed by atoms with van der Waals surface area (Å²) in [4.78, 5) is 15.0. The molecule has 2 aromatic carbocycles. The van der Waals surface area contributed by atoms with Crippen LogP contribution in [-0.4, -0.2) is 21.7 Å². The van der Waals surface area contributed by atoms with Crippen molar-refractivity contribution in [2.45, 2.75) is 27.4 Å². The van der Waals surface area contributed by atoms with Gasteiger partial charge in [-0.3, -0.25) is 9.69 Å². The summed E-state index contributed by atoms with van der Waals surface area (Å²) in [5, 5.41) is 0. The number of carbonyl (C=O) groups excluding carboxylic acids is 1. The van der Waals surface area contributed by atoms with E-state index < -0.39 is 0 Å². The van der Waals surface area contributed by atoms with Crippen molar-refractivity contribution in [3.8, 4) is 5.75 Å². The van der Waals surface area contributed by atoms with Crippen LogP contribution in [0.1, 0.15) is 30.5 Å². The number of para-hydroxylation sites is 1. The van der Waals surface area contributed by atoms with Crippen molar-refractivity contribution < 1.29 is 9.53 Å². The van der Waals surface area contributed by atoms with Gasteiger partial charge in [-0.2, -0.15) is 0 Å². The highest BCUT2D eigenvalue weighted by Crippen LogP contribution is 2.34. The van der Waals surface area contributed by atoms with Crippen LogP contribution in [0.4, 0.5) is 0 Å². The third-order valence-corrected chi connectivity index (χ3v) is 5.48. The molecule has 140 valence electrons. The van der Waals surface area contributed by atoms with E-state index in [2.05, 4.69) is 32.9 Å². The summed E-state index contributed by atoms with van der Waals surface area (Å²) in [6.45, 7) is 7.36. The van der Waals surface area contributed by atoms with Gasteiger partial charge < -0.3 is 4.74 Å². The van der Waals surface area contributed by atoms with Gasteiger partial charge in [0.25, 0.3) is 5.91 Å². The lowest BCUT2D eigenvalue weighted by Crippen LogP contribution is -2.31. The number of benzene rings is 2. The highest BCUT2D eigenvalue weighted by molar-refractivity contribution is 8.26. The molecule has 1 saturated heterocycles. The van der Waals surface area contributed by atoms with E-state index in [4.69, 9.17) is 17.0 Å². The molecule has 1 aliphatic heterocycles. The fourth-order valence-electron chi connectivity index (χ4n) is 2.86. The Kier molecular flexibility index (Phi) is 6.34. The molecule has 2 aromatic rings. The number of carbonyl (C=O) groups is 1. The van der Waals surface area contributed by atoms with Crippen molar-refractivity contribution >= 4 is 40.3 Å². The molecule has 0 unspecified atom stereocenters. The number of thiocarbonyl (C=S) groups is 1. The molecule has 0 saturated carbocycles. The minimum atomic E-state index is -0.0211. The van der Waals surface area contributed by atoms with Crippen molar-refractivity contribution in [3.63, 3.8) is 0 Å². The number of rotatable bonds is 6. The summed E-state index contributed by atoms with van der Waals surface area (Å²) < 4.78 is 6.65. The Morgan fingerprint density at radius 3 is 2.70 bits per heavy atom. The van der Waals surface area contributed by atoms with E-state index in [1.807, 2.05) is 42.5 Å². The van der Waals surface area contributed by atoms with E-state index in [1.54, 1.807) is 4.90 Å². The average molecular weight is 398 g/mol. The number of thioether (sulfide) groups is 1. The maximum Gasteiger partial charge on any atom is 0.266 e. The first-order valence-electron chi connectivity index (χ1n) is 8.97. The summed E-state index contributed by atoms with van der Waals surface area (Å²) in [5.74, 6) is 1.11. The Morgan fingerprint density at radius 2 is 1.96 bits per heavy atom. The molecule has 1 amide bonds. The molecule has 0 atom stereocenters. The molecule has 0 radical (unpaired) electrons. The first-order valence-corrected chi connectivity index (χ1v) is 10.2. The highest BCUT2D eigenvalue weighted by Gasteiger charge is 2.32. The maximum absolute atomic E-state index is 12.7. The largest absolute Gasteiger partial charge is 0.488 e. The third-order valence-electron chi connectivity index (χ3n) is 4.10. The molecule has 0 aliphatic carbocycles.